The molecule has 1 saturated heterocycles. The minimum atomic E-state index is -0.744. The number of amides is 1. The number of fused-ring (bicyclic) bond motifs is 1. The zero-order chi connectivity index (χ0) is 25.3. The molecule has 4 rings (SSSR count). The molecule has 1 atom stereocenters. The first-order valence-corrected chi connectivity index (χ1v) is 11.8. The lowest BCUT2D eigenvalue weighted by Gasteiger charge is -2.25. The molecular formula is C28H32N2O5. The number of H-pyrrole nitrogens is 1. The molecule has 7 heteroatoms. The van der Waals surface area contributed by atoms with E-state index >= 15 is 0 Å². The van der Waals surface area contributed by atoms with Crippen molar-refractivity contribution >= 4 is 28.4 Å². The average Bonchev–Trinajstić information content (AvgIpc) is 3.36. The van der Waals surface area contributed by atoms with E-state index in [0.29, 0.717) is 12.2 Å². The molecule has 0 spiro atoms. The van der Waals surface area contributed by atoms with E-state index in [9.17, 15) is 14.7 Å². The molecule has 2 aromatic carbocycles. The molecule has 0 radical (unpaired) electrons. The minimum absolute atomic E-state index is 0.0693. The van der Waals surface area contributed by atoms with Gasteiger partial charge in [-0.15, -0.1) is 0 Å². The molecule has 0 bridgehead atoms. The Bertz CT molecular complexity index is 1300. The zero-order valence-electron chi connectivity index (χ0n) is 20.8. The third-order valence-corrected chi connectivity index (χ3v) is 6.35. The van der Waals surface area contributed by atoms with Crippen LogP contribution in [0.1, 0.15) is 50.4 Å². The molecule has 1 fully saturated rings. The van der Waals surface area contributed by atoms with Gasteiger partial charge >= 0.3 is 0 Å². The SMILES string of the molecule is CCOc1ccc(/C(O)=C2\C(=O)C(=O)N(CCOC)C2c2c[nH]c3ccccc23)cc1C(C)(C)C. The second-order valence-corrected chi connectivity index (χ2v) is 9.67. The topological polar surface area (TPSA) is 91.9 Å². The van der Waals surface area contributed by atoms with Crippen LogP contribution in [-0.2, 0) is 19.7 Å². The largest absolute Gasteiger partial charge is 0.507 e. The molecule has 7 nitrogen and oxygen atoms in total. The van der Waals surface area contributed by atoms with Gasteiger partial charge in [-0.3, -0.25) is 9.59 Å². The van der Waals surface area contributed by atoms with Crippen LogP contribution < -0.4 is 4.74 Å². The first kappa shape index (κ1) is 24.5. The third kappa shape index (κ3) is 4.44. The highest BCUT2D eigenvalue weighted by atomic mass is 16.5. The van der Waals surface area contributed by atoms with Crippen LogP contribution in [0.2, 0.25) is 0 Å². The second-order valence-electron chi connectivity index (χ2n) is 9.67. The van der Waals surface area contributed by atoms with Crippen LogP contribution in [0.3, 0.4) is 0 Å². The summed E-state index contributed by atoms with van der Waals surface area (Å²) < 4.78 is 11.0. The number of benzene rings is 2. The highest BCUT2D eigenvalue weighted by molar-refractivity contribution is 6.46. The summed E-state index contributed by atoms with van der Waals surface area (Å²) in [7, 11) is 1.55. The van der Waals surface area contributed by atoms with Gasteiger partial charge in [-0.25, -0.2) is 0 Å². The molecule has 184 valence electrons. The Balaban J connectivity index is 1.92. The predicted molar refractivity (Wildman–Crippen MR) is 135 cm³/mol. The van der Waals surface area contributed by atoms with E-state index in [-0.39, 0.29) is 29.9 Å². The maximum atomic E-state index is 13.3. The monoisotopic (exact) mass is 476 g/mol. The Morgan fingerprint density at radius 2 is 1.89 bits per heavy atom. The summed E-state index contributed by atoms with van der Waals surface area (Å²) in [6.07, 6.45) is 1.80. The number of carbonyl (C=O) groups is 2. The number of methoxy groups -OCH3 is 1. The van der Waals surface area contributed by atoms with E-state index in [1.54, 1.807) is 25.4 Å². The Labute approximate surface area is 205 Å². The molecule has 3 aromatic rings. The van der Waals surface area contributed by atoms with Crippen molar-refractivity contribution in [2.24, 2.45) is 0 Å². The fraction of sp³-hybridized carbons (Fsp3) is 0.357. The van der Waals surface area contributed by atoms with Gasteiger partial charge in [0.05, 0.1) is 24.8 Å². The molecule has 1 aliphatic heterocycles. The van der Waals surface area contributed by atoms with Crippen LogP contribution in [0.25, 0.3) is 16.7 Å². The van der Waals surface area contributed by atoms with Crippen LogP contribution >= 0.6 is 0 Å². The lowest BCUT2D eigenvalue weighted by Crippen LogP contribution is -2.32. The number of hydrogen-bond acceptors (Lipinski definition) is 5. The molecular weight excluding hydrogens is 444 g/mol. The molecule has 0 aliphatic carbocycles. The molecule has 2 heterocycles. The quantitative estimate of drug-likeness (QED) is 0.287. The number of likely N-dealkylation sites (tertiary alicyclic amines) is 1. The first-order valence-electron chi connectivity index (χ1n) is 11.8. The summed E-state index contributed by atoms with van der Waals surface area (Å²) in [4.78, 5) is 31.1. The molecule has 1 aliphatic rings. The van der Waals surface area contributed by atoms with E-state index in [1.807, 2.05) is 37.3 Å². The van der Waals surface area contributed by atoms with Crippen molar-refractivity contribution in [2.45, 2.75) is 39.2 Å². The summed E-state index contributed by atoms with van der Waals surface area (Å²) in [5.74, 6) is -0.835. The van der Waals surface area contributed by atoms with E-state index in [0.717, 1.165) is 27.8 Å². The molecule has 2 N–H and O–H groups in total. The normalized spacial score (nSPS) is 18.0. The van der Waals surface area contributed by atoms with E-state index in [1.165, 1.54) is 4.90 Å². The van der Waals surface area contributed by atoms with Gasteiger partial charge in [0, 0.05) is 47.4 Å². The zero-order valence-corrected chi connectivity index (χ0v) is 20.8. The van der Waals surface area contributed by atoms with Crippen molar-refractivity contribution in [1.82, 2.24) is 9.88 Å². The Hall–Kier alpha value is -3.58. The maximum absolute atomic E-state index is 13.3. The number of aliphatic hydroxyl groups is 1. The number of carbonyl (C=O) groups excluding carboxylic acids is 2. The molecule has 35 heavy (non-hydrogen) atoms. The van der Waals surface area contributed by atoms with Crippen LogP contribution in [-0.4, -0.2) is 53.5 Å². The third-order valence-electron chi connectivity index (χ3n) is 6.35. The van der Waals surface area contributed by atoms with Gasteiger partial charge in [0.15, 0.2) is 0 Å². The van der Waals surface area contributed by atoms with Gasteiger partial charge in [0.2, 0.25) is 0 Å². The highest BCUT2D eigenvalue weighted by Crippen LogP contribution is 2.42. The number of ether oxygens (including phenoxy) is 2. The van der Waals surface area contributed by atoms with Crippen molar-refractivity contribution < 1.29 is 24.2 Å². The smallest absolute Gasteiger partial charge is 0.295 e. The summed E-state index contributed by atoms with van der Waals surface area (Å²) in [6.45, 7) is 9.10. The number of para-hydroxylation sites is 1. The van der Waals surface area contributed by atoms with Crippen LogP contribution in [0.5, 0.6) is 5.75 Å². The second kappa shape index (κ2) is 9.58. The molecule has 1 amide bonds. The van der Waals surface area contributed by atoms with Gasteiger partial charge < -0.3 is 24.5 Å². The fourth-order valence-electron chi connectivity index (χ4n) is 4.64. The van der Waals surface area contributed by atoms with E-state index < -0.39 is 17.7 Å². The van der Waals surface area contributed by atoms with E-state index in [2.05, 4.69) is 25.8 Å². The fourth-order valence-corrected chi connectivity index (χ4v) is 4.64. The number of ketones is 1. The van der Waals surface area contributed by atoms with Gasteiger partial charge in [-0.1, -0.05) is 39.0 Å². The number of aromatic nitrogens is 1. The van der Waals surface area contributed by atoms with Crippen LogP contribution in [0.15, 0.2) is 54.2 Å². The number of rotatable bonds is 7. The molecule has 0 saturated carbocycles. The van der Waals surface area contributed by atoms with Crippen LogP contribution in [0, 0.1) is 0 Å². The van der Waals surface area contributed by atoms with Crippen molar-refractivity contribution in [3.05, 3.63) is 70.9 Å². The summed E-state index contributed by atoms with van der Waals surface area (Å²) in [5.41, 5.74) is 2.81. The maximum Gasteiger partial charge on any atom is 0.295 e. The van der Waals surface area contributed by atoms with E-state index in [4.69, 9.17) is 9.47 Å². The number of aliphatic hydroxyl groups excluding tert-OH is 1. The van der Waals surface area contributed by atoms with Gasteiger partial charge in [0.25, 0.3) is 11.7 Å². The Morgan fingerprint density at radius 1 is 1.14 bits per heavy atom. The summed E-state index contributed by atoms with van der Waals surface area (Å²) >= 11 is 0. The number of aromatic amines is 1. The summed E-state index contributed by atoms with van der Waals surface area (Å²) in [6, 6.07) is 12.3. The van der Waals surface area contributed by atoms with Crippen LogP contribution in [0.4, 0.5) is 0 Å². The van der Waals surface area contributed by atoms with Crippen molar-refractivity contribution in [2.75, 3.05) is 26.9 Å². The highest BCUT2D eigenvalue weighted by Gasteiger charge is 2.46. The van der Waals surface area contributed by atoms with Gasteiger partial charge in [-0.05, 0) is 36.6 Å². The van der Waals surface area contributed by atoms with Crippen molar-refractivity contribution in [1.29, 1.82) is 0 Å². The van der Waals surface area contributed by atoms with Crippen molar-refractivity contribution in [3.8, 4) is 5.75 Å². The Kier molecular flexibility index (Phi) is 6.72. The lowest BCUT2D eigenvalue weighted by atomic mass is 9.84. The van der Waals surface area contributed by atoms with Gasteiger partial charge in [0.1, 0.15) is 11.5 Å². The van der Waals surface area contributed by atoms with Crippen molar-refractivity contribution in [3.63, 3.8) is 0 Å². The average molecular weight is 477 g/mol. The number of hydrogen-bond donors (Lipinski definition) is 2. The summed E-state index contributed by atoms with van der Waals surface area (Å²) in [5, 5.41) is 12.4. The molecule has 1 aromatic heterocycles. The number of nitrogens with one attached hydrogen (secondary N) is 1. The predicted octanol–water partition coefficient (Wildman–Crippen LogP) is 4.93. The first-order chi connectivity index (χ1) is 16.7. The lowest BCUT2D eigenvalue weighted by molar-refractivity contribution is -0.140. The number of nitrogens with zero attached hydrogens (tertiary/aromatic N) is 1. The van der Waals surface area contributed by atoms with Gasteiger partial charge in [-0.2, -0.15) is 0 Å². The number of Topliss-reactive ketones (excluding diaryl/α,β-unsaturated/α-hetero) is 1. The molecule has 1 unspecified atom stereocenters. The standard InChI is InChI=1S/C28H32N2O5/c1-6-35-22-12-11-17(15-20(22)28(2,3)4)25(31)23-24(30(13-14-34-5)27(33)26(23)32)19-16-29-21-10-8-7-9-18(19)21/h7-12,15-16,24,29,31H,6,13-14H2,1-5H3/b25-23+. The Morgan fingerprint density at radius 3 is 2.57 bits per heavy atom. The minimum Gasteiger partial charge on any atom is -0.507 e.